The monoisotopic (exact) mass is 227 g/mol. The van der Waals surface area contributed by atoms with Crippen LogP contribution in [0.1, 0.15) is 27.9 Å². The molecule has 5 heteroatoms. The summed E-state index contributed by atoms with van der Waals surface area (Å²) in [5, 5.41) is 3.38. The van der Waals surface area contributed by atoms with Crippen molar-refractivity contribution in [1.82, 2.24) is 0 Å². The highest BCUT2D eigenvalue weighted by Gasteiger charge is 2.20. The molecule has 0 amide bonds. The number of rotatable bonds is 2. The third kappa shape index (κ3) is 2.57. The smallest absolute Gasteiger partial charge is 0.338 e. The summed E-state index contributed by atoms with van der Waals surface area (Å²) in [6.45, 7) is 0.693. The van der Waals surface area contributed by atoms with E-state index in [0.29, 0.717) is 25.1 Å². The zero-order chi connectivity index (χ0) is 12.1. The normalized spacial score (nSPS) is 11.9. The van der Waals surface area contributed by atoms with E-state index in [9.17, 15) is 4.79 Å². The minimum atomic E-state index is -0.275. The van der Waals surface area contributed by atoms with Crippen LogP contribution in [0.2, 0.25) is 0 Å². The van der Waals surface area contributed by atoms with Crippen LogP contribution in [0.15, 0.2) is 23.3 Å². The molecule has 2 rings (SSSR count). The lowest BCUT2D eigenvalue weighted by Crippen LogP contribution is -1.92. The molecule has 0 bridgehead atoms. The quantitative estimate of drug-likeness (QED) is 0.194. The Morgan fingerprint density at radius 1 is 1.53 bits per heavy atom. The average Bonchev–Trinajstić information content (AvgIpc) is 2.71. The van der Waals surface area contributed by atoms with Crippen molar-refractivity contribution in [3.8, 4) is 11.8 Å². The van der Waals surface area contributed by atoms with E-state index in [1.807, 2.05) is 6.07 Å². The molecular weight excluding hydrogens is 218 g/mol. The summed E-state index contributed by atoms with van der Waals surface area (Å²) in [6.07, 6.45) is 0.524. The largest absolute Gasteiger partial charge is 0.457 e. The van der Waals surface area contributed by atoms with Crippen LogP contribution in [-0.2, 0) is 11.3 Å². The number of hydrogen-bond acceptors (Lipinski definition) is 3. The number of hydrogen-bond donors (Lipinski definition) is 0. The number of carbonyl (C=O) groups is 1. The number of esters is 1. The molecule has 0 unspecified atom stereocenters. The summed E-state index contributed by atoms with van der Waals surface area (Å²) < 4.78 is 4.89. The summed E-state index contributed by atoms with van der Waals surface area (Å²) >= 11 is 0. The van der Waals surface area contributed by atoms with Gasteiger partial charge < -0.3 is 4.74 Å². The van der Waals surface area contributed by atoms with E-state index >= 15 is 0 Å². The predicted octanol–water partition coefficient (Wildman–Crippen LogP) is 2.41. The van der Waals surface area contributed by atoms with Crippen LogP contribution in [0, 0.1) is 11.8 Å². The maximum Gasteiger partial charge on any atom is 0.338 e. The van der Waals surface area contributed by atoms with Crippen molar-refractivity contribution in [2.45, 2.75) is 13.0 Å². The number of fused-ring (bicyclic) bond motifs is 1. The lowest BCUT2D eigenvalue weighted by molar-refractivity contribution is 0.0535. The third-order valence-electron chi connectivity index (χ3n) is 2.32. The van der Waals surface area contributed by atoms with Crippen molar-refractivity contribution in [3.63, 3.8) is 0 Å². The fraction of sp³-hybridized carbons (Fsp3) is 0.250. The van der Waals surface area contributed by atoms with Gasteiger partial charge in [-0.05, 0) is 23.7 Å². The van der Waals surface area contributed by atoms with Crippen molar-refractivity contribution in [3.05, 3.63) is 45.3 Å². The second kappa shape index (κ2) is 5.06. The average molecular weight is 227 g/mol. The maximum absolute atomic E-state index is 11.2. The Kier molecular flexibility index (Phi) is 3.29. The first-order valence-electron chi connectivity index (χ1n) is 5.11. The molecule has 0 saturated carbocycles. The lowest BCUT2D eigenvalue weighted by Gasteiger charge is -1.94. The fourth-order valence-corrected chi connectivity index (χ4v) is 1.53. The van der Waals surface area contributed by atoms with E-state index in [4.69, 9.17) is 10.3 Å². The van der Waals surface area contributed by atoms with Gasteiger partial charge in [0, 0.05) is 29.0 Å². The van der Waals surface area contributed by atoms with E-state index in [1.165, 1.54) is 0 Å². The number of ether oxygens (including phenoxy) is 1. The van der Waals surface area contributed by atoms with Crippen LogP contribution in [0.3, 0.4) is 0 Å². The van der Waals surface area contributed by atoms with Gasteiger partial charge in [0.05, 0.1) is 5.56 Å². The Balaban J connectivity index is 2.08. The minimum Gasteiger partial charge on any atom is -0.457 e. The predicted molar refractivity (Wildman–Crippen MR) is 61.1 cm³/mol. The van der Waals surface area contributed by atoms with E-state index in [1.54, 1.807) is 12.1 Å². The van der Waals surface area contributed by atoms with Gasteiger partial charge in [-0.25, -0.2) is 4.79 Å². The molecule has 0 atom stereocenters. The Morgan fingerprint density at radius 2 is 2.41 bits per heavy atom. The van der Waals surface area contributed by atoms with Crippen LogP contribution < -0.4 is 0 Å². The van der Waals surface area contributed by atoms with Gasteiger partial charge in [-0.2, -0.15) is 0 Å². The first kappa shape index (κ1) is 11.1. The van der Waals surface area contributed by atoms with Gasteiger partial charge in [-0.1, -0.05) is 17.0 Å². The summed E-state index contributed by atoms with van der Waals surface area (Å²) in [5.41, 5.74) is 10.4. The first-order valence-corrected chi connectivity index (χ1v) is 5.11. The zero-order valence-corrected chi connectivity index (χ0v) is 9.01. The molecule has 1 heterocycles. The summed E-state index contributed by atoms with van der Waals surface area (Å²) in [4.78, 5) is 13.8. The van der Waals surface area contributed by atoms with Crippen LogP contribution in [0.4, 0.5) is 0 Å². The molecule has 1 aromatic rings. The number of benzene rings is 1. The van der Waals surface area contributed by atoms with E-state index in [0.717, 1.165) is 11.1 Å². The first-order chi connectivity index (χ1) is 8.31. The van der Waals surface area contributed by atoms with Crippen LogP contribution in [-0.4, -0.2) is 12.5 Å². The van der Waals surface area contributed by atoms with Gasteiger partial charge in [0.1, 0.15) is 6.61 Å². The summed E-state index contributed by atoms with van der Waals surface area (Å²) in [6, 6.07) is 5.36. The van der Waals surface area contributed by atoms with Crippen molar-refractivity contribution < 1.29 is 9.53 Å². The van der Waals surface area contributed by atoms with Gasteiger partial charge in [-0.15, -0.1) is 0 Å². The molecule has 5 nitrogen and oxygen atoms in total. The zero-order valence-electron chi connectivity index (χ0n) is 9.01. The van der Waals surface area contributed by atoms with Crippen LogP contribution in [0.5, 0.6) is 0 Å². The Morgan fingerprint density at radius 3 is 3.24 bits per heavy atom. The Bertz CT molecular complexity index is 563. The molecule has 1 aliphatic rings. The van der Waals surface area contributed by atoms with Gasteiger partial charge >= 0.3 is 5.97 Å². The van der Waals surface area contributed by atoms with Crippen molar-refractivity contribution in [2.75, 3.05) is 6.54 Å². The molecular formula is C12H9N3O2. The highest BCUT2D eigenvalue weighted by atomic mass is 16.5. The van der Waals surface area contributed by atoms with Gasteiger partial charge in [0.15, 0.2) is 0 Å². The van der Waals surface area contributed by atoms with Crippen molar-refractivity contribution >= 4 is 5.97 Å². The number of azide groups is 1. The third-order valence-corrected chi connectivity index (χ3v) is 2.32. The van der Waals surface area contributed by atoms with Gasteiger partial charge in [0.25, 0.3) is 0 Å². The molecule has 84 valence electrons. The van der Waals surface area contributed by atoms with Crippen LogP contribution >= 0.6 is 0 Å². The Labute approximate surface area is 98.0 Å². The van der Waals surface area contributed by atoms with Crippen molar-refractivity contribution in [1.29, 1.82) is 0 Å². The molecule has 0 aromatic heterocycles. The Hall–Kier alpha value is -2.44. The second-order valence-electron chi connectivity index (χ2n) is 3.45. The van der Waals surface area contributed by atoms with E-state index in [2.05, 4.69) is 21.9 Å². The van der Waals surface area contributed by atoms with Gasteiger partial charge in [0.2, 0.25) is 0 Å². The molecule has 0 N–H and O–H groups in total. The molecule has 0 saturated heterocycles. The molecule has 17 heavy (non-hydrogen) atoms. The molecule has 0 spiro atoms. The fourth-order valence-electron chi connectivity index (χ4n) is 1.53. The standard InChI is InChI=1S/C12H9N3O2/c13-15-14-6-2-1-3-9-4-5-11-10(7-9)8-17-12(11)16/h4-5,7H,2,6,8H2. The molecule has 0 radical (unpaired) electrons. The highest BCUT2D eigenvalue weighted by molar-refractivity contribution is 5.93. The molecule has 0 aliphatic carbocycles. The highest BCUT2D eigenvalue weighted by Crippen LogP contribution is 2.20. The number of carbonyl (C=O) groups excluding carboxylic acids is 1. The number of cyclic esters (lactones) is 1. The summed E-state index contributed by atoms with van der Waals surface area (Å²) in [7, 11) is 0. The van der Waals surface area contributed by atoms with E-state index in [-0.39, 0.29) is 5.97 Å². The molecule has 0 fully saturated rings. The topological polar surface area (TPSA) is 75.1 Å². The van der Waals surface area contributed by atoms with Crippen LogP contribution in [0.25, 0.3) is 10.4 Å². The maximum atomic E-state index is 11.2. The molecule has 1 aromatic carbocycles. The minimum absolute atomic E-state index is 0.275. The SMILES string of the molecule is [N-]=[N+]=NCCC#Cc1ccc2c(c1)COC2=O. The molecule has 1 aliphatic heterocycles. The summed E-state index contributed by atoms with van der Waals surface area (Å²) in [5.74, 6) is 5.57. The second-order valence-corrected chi connectivity index (χ2v) is 3.45. The lowest BCUT2D eigenvalue weighted by atomic mass is 10.1. The number of nitrogens with zero attached hydrogens (tertiary/aromatic N) is 3. The van der Waals surface area contributed by atoms with Gasteiger partial charge in [-0.3, -0.25) is 0 Å². The van der Waals surface area contributed by atoms with E-state index < -0.39 is 0 Å². The van der Waals surface area contributed by atoms with Crippen molar-refractivity contribution in [2.24, 2.45) is 5.11 Å².